The summed E-state index contributed by atoms with van der Waals surface area (Å²) in [4.78, 5) is 22.5. The topological polar surface area (TPSA) is 98.2 Å². The predicted octanol–water partition coefficient (Wildman–Crippen LogP) is -0.649. The number of carbonyl (C=O) groups excluding carboxylic acids is 2. The fourth-order valence-electron chi connectivity index (χ4n) is 2.06. The van der Waals surface area contributed by atoms with Gasteiger partial charge in [0.25, 0.3) is 0 Å². The molecule has 5 heteroatoms. The van der Waals surface area contributed by atoms with Crippen molar-refractivity contribution < 1.29 is 9.59 Å². The summed E-state index contributed by atoms with van der Waals surface area (Å²) >= 11 is 0. The number of hydrogen-bond acceptors (Lipinski definition) is 3. The molecule has 15 heavy (non-hydrogen) atoms. The van der Waals surface area contributed by atoms with Gasteiger partial charge in [0.1, 0.15) is 6.04 Å². The summed E-state index contributed by atoms with van der Waals surface area (Å²) in [5.74, 6) is -0.387. The molecule has 0 heterocycles. The molecule has 0 aromatic heterocycles. The van der Waals surface area contributed by atoms with Crippen LogP contribution in [0.1, 0.15) is 26.2 Å². The average Bonchev–Trinajstić information content (AvgIpc) is 2.64. The van der Waals surface area contributed by atoms with Gasteiger partial charge >= 0.3 is 0 Å². The van der Waals surface area contributed by atoms with E-state index in [9.17, 15) is 9.59 Å². The Kier molecular flexibility index (Phi) is 4.08. The molecule has 1 aliphatic carbocycles. The molecule has 86 valence electrons. The van der Waals surface area contributed by atoms with Gasteiger partial charge in [0, 0.05) is 5.92 Å². The number of hydrogen-bond donors (Lipinski definition) is 3. The minimum Gasteiger partial charge on any atom is -0.368 e. The molecule has 5 N–H and O–H groups in total. The molecule has 0 spiro atoms. The van der Waals surface area contributed by atoms with E-state index in [2.05, 4.69) is 5.32 Å². The van der Waals surface area contributed by atoms with Crippen LogP contribution in [0.3, 0.4) is 0 Å². The molecule has 1 rings (SSSR count). The first-order chi connectivity index (χ1) is 7.06. The first-order valence-corrected chi connectivity index (χ1v) is 5.36. The summed E-state index contributed by atoms with van der Waals surface area (Å²) in [7, 11) is 0. The number of rotatable bonds is 4. The van der Waals surface area contributed by atoms with E-state index in [-0.39, 0.29) is 17.7 Å². The molecule has 0 bridgehead atoms. The molecule has 3 atom stereocenters. The van der Waals surface area contributed by atoms with Crippen molar-refractivity contribution in [3.63, 3.8) is 0 Å². The van der Waals surface area contributed by atoms with Crippen LogP contribution in [0.25, 0.3) is 0 Å². The molecule has 1 saturated carbocycles. The van der Waals surface area contributed by atoms with Gasteiger partial charge in [0.2, 0.25) is 11.8 Å². The van der Waals surface area contributed by atoms with Gasteiger partial charge in [0.05, 0.1) is 0 Å². The van der Waals surface area contributed by atoms with Crippen molar-refractivity contribution in [2.75, 3.05) is 6.54 Å². The second-order valence-electron chi connectivity index (χ2n) is 4.17. The molecule has 1 aliphatic rings. The van der Waals surface area contributed by atoms with E-state index >= 15 is 0 Å². The van der Waals surface area contributed by atoms with Gasteiger partial charge in [-0.15, -0.1) is 0 Å². The van der Waals surface area contributed by atoms with E-state index in [1.165, 1.54) is 0 Å². The standard InChI is InChI=1S/C10H19N3O2/c1-6(9(12)14)13-10(15)8-4-2-3-7(8)5-11/h6-8H,2-5,11H2,1H3,(H2,12,14)(H,13,15)/t6-,7+,8+/m0/s1. The molecule has 0 saturated heterocycles. The largest absolute Gasteiger partial charge is 0.368 e. The van der Waals surface area contributed by atoms with Gasteiger partial charge in [-0.1, -0.05) is 6.42 Å². The monoisotopic (exact) mass is 213 g/mol. The highest BCUT2D eigenvalue weighted by molar-refractivity contribution is 5.87. The van der Waals surface area contributed by atoms with Crippen molar-refractivity contribution in [2.24, 2.45) is 23.3 Å². The van der Waals surface area contributed by atoms with Crippen LogP contribution in [0.2, 0.25) is 0 Å². The van der Waals surface area contributed by atoms with E-state index < -0.39 is 11.9 Å². The Morgan fingerprint density at radius 1 is 1.47 bits per heavy atom. The van der Waals surface area contributed by atoms with Crippen molar-refractivity contribution in [1.29, 1.82) is 0 Å². The molecular weight excluding hydrogens is 194 g/mol. The third-order valence-electron chi connectivity index (χ3n) is 3.08. The lowest BCUT2D eigenvalue weighted by Gasteiger charge is -2.19. The van der Waals surface area contributed by atoms with Crippen molar-refractivity contribution in [2.45, 2.75) is 32.2 Å². The maximum absolute atomic E-state index is 11.8. The van der Waals surface area contributed by atoms with E-state index in [0.717, 1.165) is 19.3 Å². The highest BCUT2D eigenvalue weighted by atomic mass is 16.2. The molecule has 0 unspecified atom stereocenters. The summed E-state index contributed by atoms with van der Waals surface area (Å²) in [5.41, 5.74) is 10.7. The van der Waals surface area contributed by atoms with Crippen LogP contribution in [0.5, 0.6) is 0 Å². The molecule has 1 fully saturated rings. The molecular formula is C10H19N3O2. The zero-order valence-electron chi connectivity index (χ0n) is 9.03. The summed E-state index contributed by atoms with van der Waals surface area (Å²) in [6.45, 7) is 2.12. The summed E-state index contributed by atoms with van der Waals surface area (Å²) in [6.07, 6.45) is 2.89. The van der Waals surface area contributed by atoms with E-state index in [1.807, 2.05) is 0 Å². The quantitative estimate of drug-likeness (QED) is 0.578. The number of nitrogens with two attached hydrogens (primary N) is 2. The van der Waals surface area contributed by atoms with Crippen LogP contribution in [0, 0.1) is 11.8 Å². The first kappa shape index (κ1) is 12.0. The smallest absolute Gasteiger partial charge is 0.239 e. The van der Waals surface area contributed by atoms with Gasteiger partial charge in [0.15, 0.2) is 0 Å². The van der Waals surface area contributed by atoms with Crippen LogP contribution >= 0.6 is 0 Å². The lowest BCUT2D eigenvalue weighted by atomic mass is 9.95. The van der Waals surface area contributed by atoms with Crippen molar-refractivity contribution >= 4 is 11.8 Å². The Labute approximate surface area is 89.6 Å². The number of nitrogens with one attached hydrogen (secondary N) is 1. The highest BCUT2D eigenvalue weighted by Crippen LogP contribution is 2.30. The van der Waals surface area contributed by atoms with Crippen LogP contribution in [0.15, 0.2) is 0 Å². The van der Waals surface area contributed by atoms with Crippen molar-refractivity contribution in [3.05, 3.63) is 0 Å². The van der Waals surface area contributed by atoms with Gasteiger partial charge in [-0.2, -0.15) is 0 Å². The SMILES string of the molecule is C[C@H](NC(=O)[C@@H]1CCC[C@@H]1CN)C(N)=O. The predicted molar refractivity (Wildman–Crippen MR) is 56.7 cm³/mol. The van der Waals surface area contributed by atoms with E-state index in [1.54, 1.807) is 6.92 Å². The molecule has 0 aromatic rings. The number of amides is 2. The minimum atomic E-state index is -0.600. The van der Waals surface area contributed by atoms with Gasteiger partial charge in [-0.05, 0) is 32.2 Å². The second-order valence-corrected chi connectivity index (χ2v) is 4.17. The molecule has 0 aromatic carbocycles. The maximum atomic E-state index is 11.8. The lowest BCUT2D eigenvalue weighted by molar-refractivity contribution is -0.130. The van der Waals surface area contributed by atoms with Crippen LogP contribution in [-0.4, -0.2) is 24.4 Å². The minimum absolute atomic E-state index is 0.0446. The first-order valence-electron chi connectivity index (χ1n) is 5.36. The van der Waals surface area contributed by atoms with Gasteiger partial charge < -0.3 is 16.8 Å². The van der Waals surface area contributed by atoms with Crippen molar-refractivity contribution in [1.82, 2.24) is 5.32 Å². The Balaban J connectivity index is 2.49. The van der Waals surface area contributed by atoms with E-state index in [0.29, 0.717) is 6.54 Å². The van der Waals surface area contributed by atoms with Gasteiger partial charge in [-0.25, -0.2) is 0 Å². The summed E-state index contributed by atoms with van der Waals surface area (Å²) in [6, 6.07) is -0.600. The third kappa shape index (κ3) is 2.92. The molecule has 2 amide bonds. The molecule has 5 nitrogen and oxygen atoms in total. The molecule has 0 aliphatic heterocycles. The Morgan fingerprint density at radius 3 is 2.67 bits per heavy atom. The Hall–Kier alpha value is -1.10. The zero-order chi connectivity index (χ0) is 11.4. The normalized spacial score (nSPS) is 27.3. The summed E-state index contributed by atoms with van der Waals surface area (Å²) in [5, 5.41) is 2.62. The third-order valence-corrected chi connectivity index (χ3v) is 3.08. The zero-order valence-corrected chi connectivity index (χ0v) is 9.03. The van der Waals surface area contributed by atoms with E-state index in [4.69, 9.17) is 11.5 Å². The lowest BCUT2D eigenvalue weighted by Crippen LogP contribution is -2.45. The Bertz CT molecular complexity index is 255. The average molecular weight is 213 g/mol. The fourth-order valence-corrected chi connectivity index (χ4v) is 2.06. The summed E-state index contributed by atoms with van der Waals surface area (Å²) < 4.78 is 0. The number of carbonyl (C=O) groups is 2. The number of primary amides is 1. The van der Waals surface area contributed by atoms with Gasteiger partial charge in [-0.3, -0.25) is 9.59 Å². The molecule has 0 radical (unpaired) electrons. The van der Waals surface area contributed by atoms with Crippen LogP contribution < -0.4 is 16.8 Å². The highest BCUT2D eigenvalue weighted by Gasteiger charge is 2.32. The van der Waals surface area contributed by atoms with Crippen LogP contribution in [0.4, 0.5) is 0 Å². The van der Waals surface area contributed by atoms with Crippen molar-refractivity contribution in [3.8, 4) is 0 Å². The Morgan fingerprint density at radius 2 is 2.13 bits per heavy atom. The van der Waals surface area contributed by atoms with Crippen LogP contribution in [-0.2, 0) is 9.59 Å². The second kappa shape index (κ2) is 5.11. The fraction of sp³-hybridized carbons (Fsp3) is 0.800. The maximum Gasteiger partial charge on any atom is 0.239 e.